The van der Waals surface area contributed by atoms with E-state index in [0.29, 0.717) is 12.3 Å². The summed E-state index contributed by atoms with van der Waals surface area (Å²) in [5.74, 6) is 0.768. The SMILES string of the molecule is COc1cc(CC(=O)C(C)(C)C)ccn1. The highest BCUT2D eigenvalue weighted by atomic mass is 16.5. The van der Waals surface area contributed by atoms with E-state index < -0.39 is 0 Å². The lowest BCUT2D eigenvalue weighted by Crippen LogP contribution is -2.22. The first kappa shape index (κ1) is 11.7. The smallest absolute Gasteiger partial charge is 0.213 e. The van der Waals surface area contributed by atoms with Crippen LogP contribution in [0, 0.1) is 5.41 Å². The molecule has 0 fully saturated rings. The van der Waals surface area contributed by atoms with Crippen LogP contribution in [0.3, 0.4) is 0 Å². The van der Waals surface area contributed by atoms with Gasteiger partial charge < -0.3 is 4.74 Å². The molecule has 0 atom stereocenters. The van der Waals surface area contributed by atoms with Gasteiger partial charge in [0.2, 0.25) is 5.88 Å². The summed E-state index contributed by atoms with van der Waals surface area (Å²) in [4.78, 5) is 15.8. The number of nitrogens with zero attached hydrogens (tertiary/aromatic N) is 1. The molecule has 1 aromatic heterocycles. The van der Waals surface area contributed by atoms with E-state index in [1.165, 1.54) is 0 Å². The van der Waals surface area contributed by atoms with Gasteiger partial charge in [0.05, 0.1) is 7.11 Å². The standard InChI is InChI=1S/C12H17NO2/c1-12(2,3)10(14)7-9-5-6-13-11(8-9)15-4/h5-6,8H,7H2,1-4H3. The second-order valence-electron chi connectivity index (χ2n) is 4.56. The summed E-state index contributed by atoms with van der Waals surface area (Å²) in [7, 11) is 1.57. The van der Waals surface area contributed by atoms with Gasteiger partial charge in [-0.25, -0.2) is 4.98 Å². The normalized spacial score (nSPS) is 11.2. The number of hydrogen-bond donors (Lipinski definition) is 0. The van der Waals surface area contributed by atoms with Crippen LogP contribution in [0.1, 0.15) is 26.3 Å². The quantitative estimate of drug-likeness (QED) is 0.763. The zero-order valence-electron chi connectivity index (χ0n) is 9.70. The molecule has 0 aliphatic heterocycles. The van der Waals surface area contributed by atoms with Gasteiger partial charge in [0.1, 0.15) is 5.78 Å². The number of pyridine rings is 1. The Hall–Kier alpha value is -1.38. The summed E-state index contributed by atoms with van der Waals surface area (Å²) >= 11 is 0. The molecule has 1 rings (SSSR count). The van der Waals surface area contributed by atoms with Crippen molar-refractivity contribution in [2.24, 2.45) is 5.41 Å². The van der Waals surface area contributed by atoms with E-state index >= 15 is 0 Å². The predicted octanol–water partition coefficient (Wildman–Crippen LogP) is 2.25. The molecule has 0 saturated heterocycles. The molecule has 0 spiro atoms. The monoisotopic (exact) mass is 207 g/mol. The molecule has 0 saturated carbocycles. The third-order valence-corrected chi connectivity index (χ3v) is 2.21. The Balaban J connectivity index is 2.77. The van der Waals surface area contributed by atoms with Gasteiger partial charge in [0.15, 0.2) is 0 Å². The highest BCUT2D eigenvalue weighted by Gasteiger charge is 2.21. The third kappa shape index (κ3) is 3.35. The minimum Gasteiger partial charge on any atom is -0.481 e. The number of carbonyl (C=O) groups excluding carboxylic acids is 1. The molecule has 3 heteroatoms. The molecule has 0 aromatic carbocycles. The average molecular weight is 207 g/mol. The van der Waals surface area contributed by atoms with E-state index in [9.17, 15) is 4.79 Å². The minimum absolute atomic E-state index is 0.218. The third-order valence-electron chi connectivity index (χ3n) is 2.21. The Labute approximate surface area is 90.5 Å². The van der Waals surface area contributed by atoms with Crippen molar-refractivity contribution in [3.8, 4) is 5.88 Å². The first-order valence-electron chi connectivity index (χ1n) is 4.95. The van der Waals surface area contributed by atoms with Crippen LogP contribution in [0.5, 0.6) is 5.88 Å². The second-order valence-corrected chi connectivity index (χ2v) is 4.56. The van der Waals surface area contributed by atoms with Crippen LogP contribution in [-0.4, -0.2) is 17.9 Å². The molecular weight excluding hydrogens is 190 g/mol. The van der Waals surface area contributed by atoms with Crippen molar-refractivity contribution in [2.75, 3.05) is 7.11 Å². The lowest BCUT2D eigenvalue weighted by atomic mass is 9.87. The van der Waals surface area contributed by atoms with Gasteiger partial charge in [0, 0.05) is 24.1 Å². The van der Waals surface area contributed by atoms with Crippen LogP contribution >= 0.6 is 0 Å². The fourth-order valence-electron chi connectivity index (χ4n) is 1.12. The fraction of sp³-hybridized carbons (Fsp3) is 0.500. The Morgan fingerprint density at radius 2 is 2.13 bits per heavy atom. The summed E-state index contributed by atoms with van der Waals surface area (Å²) in [5, 5.41) is 0. The largest absolute Gasteiger partial charge is 0.481 e. The Bertz CT molecular complexity index is 353. The van der Waals surface area contributed by atoms with Gasteiger partial charge in [-0.05, 0) is 11.6 Å². The molecule has 0 bridgehead atoms. The average Bonchev–Trinajstić information content (AvgIpc) is 2.16. The highest BCUT2D eigenvalue weighted by molar-refractivity contribution is 5.85. The van der Waals surface area contributed by atoms with Crippen LogP contribution in [0.25, 0.3) is 0 Å². The van der Waals surface area contributed by atoms with Gasteiger partial charge in [-0.1, -0.05) is 20.8 Å². The first-order chi connectivity index (χ1) is 6.93. The molecule has 0 N–H and O–H groups in total. The second kappa shape index (κ2) is 4.43. The molecule has 0 aliphatic carbocycles. The molecule has 0 amide bonds. The maximum Gasteiger partial charge on any atom is 0.213 e. The van der Waals surface area contributed by atoms with E-state index in [0.717, 1.165) is 5.56 Å². The number of ether oxygens (including phenoxy) is 1. The van der Waals surface area contributed by atoms with Gasteiger partial charge in [-0.2, -0.15) is 0 Å². The number of Topliss-reactive ketones (excluding diaryl/α,β-unsaturated/α-hetero) is 1. The molecule has 0 unspecified atom stereocenters. The van der Waals surface area contributed by atoms with E-state index in [2.05, 4.69) is 4.98 Å². The van der Waals surface area contributed by atoms with Gasteiger partial charge in [-0.3, -0.25) is 4.79 Å². The van der Waals surface area contributed by atoms with Crippen LogP contribution in [0.4, 0.5) is 0 Å². The van der Waals surface area contributed by atoms with Crippen LogP contribution in [0.15, 0.2) is 18.3 Å². The number of methoxy groups -OCH3 is 1. The summed E-state index contributed by atoms with van der Waals surface area (Å²) in [5.41, 5.74) is 0.651. The van der Waals surface area contributed by atoms with Crippen LogP contribution in [-0.2, 0) is 11.2 Å². The van der Waals surface area contributed by atoms with E-state index in [-0.39, 0.29) is 11.2 Å². The highest BCUT2D eigenvalue weighted by Crippen LogP contribution is 2.18. The Morgan fingerprint density at radius 1 is 1.47 bits per heavy atom. The lowest BCUT2D eigenvalue weighted by molar-refractivity contribution is -0.125. The summed E-state index contributed by atoms with van der Waals surface area (Å²) in [6, 6.07) is 3.63. The maximum atomic E-state index is 11.8. The van der Waals surface area contributed by atoms with E-state index in [1.807, 2.05) is 26.8 Å². The molecule has 15 heavy (non-hydrogen) atoms. The van der Waals surface area contributed by atoms with Crippen molar-refractivity contribution in [3.05, 3.63) is 23.9 Å². The summed E-state index contributed by atoms with van der Waals surface area (Å²) < 4.78 is 5.00. The number of rotatable bonds is 3. The van der Waals surface area contributed by atoms with Crippen molar-refractivity contribution in [1.82, 2.24) is 4.98 Å². The molecule has 1 aromatic rings. The van der Waals surface area contributed by atoms with Crippen molar-refractivity contribution in [1.29, 1.82) is 0 Å². The topological polar surface area (TPSA) is 39.2 Å². The van der Waals surface area contributed by atoms with E-state index in [4.69, 9.17) is 4.74 Å². The number of ketones is 1. The number of hydrogen-bond acceptors (Lipinski definition) is 3. The summed E-state index contributed by atoms with van der Waals surface area (Å²) in [6.45, 7) is 5.77. The minimum atomic E-state index is -0.295. The van der Waals surface area contributed by atoms with Crippen LogP contribution < -0.4 is 4.74 Å². The zero-order valence-corrected chi connectivity index (χ0v) is 9.70. The molecule has 3 nitrogen and oxygen atoms in total. The number of carbonyl (C=O) groups is 1. The molecule has 0 aliphatic rings. The maximum absolute atomic E-state index is 11.8. The summed E-state index contributed by atoms with van der Waals surface area (Å²) in [6.07, 6.45) is 2.09. The van der Waals surface area contributed by atoms with Crippen molar-refractivity contribution < 1.29 is 9.53 Å². The molecule has 1 heterocycles. The van der Waals surface area contributed by atoms with Gasteiger partial charge in [0.25, 0.3) is 0 Å². The zero-order chi connectivity index (χ0) is 11.5. The van der Waals surface area contributed by atoms with Crippen LogP contribution in [0.2, 0.25) is 0 Å². The van der Waals surface area contributed by atoms with Crippen molar-refractivity contribution >= 4 is 5.78 Å². The fourth-order valence-corrected chi connectivity index (χ4v) is 1.12. The van der Waals surface area contributed by atoms with Crippen molar-refractivity contribution in [3.63, 3.8) is 0 Å². The van der Waals surface area contributed by atoms with Gasteiger partial charge in [-0.15, -0.1) is 0 Å². The Kier molecular flexibility index (Phi) is 3.45. The van der Waals surface area contributed by atoms with Crippen molar-refractivity contribution in [2.45, 2.75) is 27.2 Å². The Morgan fingerprint density at radius 3 is 2.67 bits per heavy atom. The molecule has 82 valence electrons. The number of aromatic nitrogens is 1. The molecular formula is C12H17NO2. The first-order valence-corrected chi connectivity index (χ1v) is 4.95. The van der Waals surface area contributed by atoms with E-state index in [1.54, 1.807) is 19.4 Å². The predicted molar refractivity (Wildman–Crippen MR) is 59.0 cm³/mol. The van der Waals surface area contributed by atoms with Gasteiger partial charge >= 0.3 is 0 Å². The molecule has 0 radical (unpaired) electrons. The lowest BCUT2D eigenvalue weighted by Gasteiger charge is -2.16.